The molecule has 0 saturated heterocycles. The van der Waals surface area contributed by atoms with E-state index in [1.54, 1.807) is 6.07 Å². The molecular formula is C15H14ClNO4. The van der Waals surface area contributed by atoms with Crippen LogP contribution >= 0.6 is 11.6 Å². The summed E-state index contributed by atoms with van der Waals surface area (Å²) in [7, 11) is 0. The number of aliphatic hydroxyl groups is 1. The molecule has 0 saturated carbocycles. The Labute approximate surface area is 126 Å². The number of benzene rings is 2. The van der Waals surface area contributed by atoms with Gasteiger partial charge >= 0.3 is 0 Å². The molecule has 0 amide bonds. The number of hydrogen-bond donors (Lipinski definition) is 1. The van der Waals surface area contributed by atoms with Crippen molar-refractivity contribution < 1.29 is 14.8 Å². The predicted octanol–water partition coefficient (Wildman–Crippen LogP) is 3.36. The first-order chi connectivity index (χ1) is 10.1. The average molecular weight is 308 g/mol. The molecule has 0 aromatic heterocycles. The van der Waals surface area contributed by atoms with E-state index in [1.807, 2.05) is 24.3 Å². The van der Waals surface area contributed by atoms with Gasteiger partial charge in [0.15, 0.2) is 0 Å². The Hall–Kier alpha value is -2.11. The number of non-ortho nitro benzene ring substituents is 1. The lowest BCUT2D eigenvalue weighted by molar-refractivity contribution is -0.384. The predicted molar refractivity (Wildman–Crippen MR) is 79.7 cm³/mol. The third kappa shape index (κ3) is 4.18. The second-order valence-electron chi connectivity index (χ2n) is 4.44. The minimum absolute atomic E-state index is 0.0443. The van der Waals surface area contributed by atoms with Crippen LogP contribution in [0.2, 0.25) is 5.02 Å². The number of nitro benzene ring substituents is 1. The lowest BCUT2D eigenvalue weighted by atomic mass is 10.1. The van der Waals surface area contributed by atoms with Crippen molar-refractivity contribution in [3.8, 4) is 5.75 Å². The van der Waals surface area contributed by atoms with Crippen molar-refractivity contribution in [2.24, 2.45) is 0 Å². The van der Waals surface area contributed by atoms with Crippen molar-refractivity contribution in [3.63, 3.8) is 0 Å². The van der Waals surface area contributed by atoms with Gasteiger partial charge in [0.05, 0.1) is 9.95 Å². The van der Waals surface area contributed by atoms with Crippen molar-refractivity contribution in [2.75, 3.05) is 6.61 Å². The SMILES string of the molecule is O=[N+]([O-])c1ccc(COc2ccc(CCO)cc2)c(Cl)c1. The topological polar surface area (TPSA) is 72.6 Å². The third-order valence-corrected chi connectivity index (χ3v) is 3.32. The van der Waals surface area contributed by atoms with Crippen LogP contribution in [-0.2, 0) is 13.0 Å². The summed E-state index contributed by atoms with van der Waals surface area (Å²) >= 11 is 5.99. The molecular weight excluding hydrogens is 294 g/mol. The molecule has 6 heteroatoms. The number of nitrogens with zero attached hydrogens (tertiary/aromatic N) is 1. The first-order valence-corrected chi connectivity index (χ1v) is 6.73. The fourth-order valence-electron chi connectivity index (χ4n) is 1.81. The first kappa shape index (κ1) is 15.3. The standard InChI is InChI=1S/C15H14ClNO4/c16-15-9-13(17(19)20)4-3-12(15)10-21-14-5-1-11(2-6-14)7-8-18/h1-6,9,18H,7-8,10H2. The van der Waals surface area contributed by atoms with Crippen LogP contribution in [0.3, 0.4) is 0 Å². The van der Waals surface area contributed by atoms with Gasteiger partial charge < -0.3 is 9.84 Å². The van der Waals surface area contributed by atoms with E-state index >= 15 is 0 Å². The minimum Gasteiger partial charge on any atom is -0.489 e. The van der Waals surface area contributed by atoms with E-state index < -0.39 is 4.92 Å². The average Bonchev–Trinajstić information content (AvgIpc) is 2.47. The van der Waals surface area contributed by atoms with Crippen LogP contribution in [-0.4, -0.2) is 16.6 Å². The molecule has 21 heavy (non-hydrogen) atoms. The highest BCUT2D eigenvalue weighted by molar-refractivity contribution is 6.31. The molecule has 0 heterocycles. The number of nitro groups is 1. The van der Waals surface area contributed by atoms with E-state index in [0.717, 1.165) is 5.56 Å². The quantitative estimate of drug-likeness (QED) is 0.656. The maximum Gasteiger partial charge on any atom is 0.270 e. The van der Waals surface area contributed by atoms with Gasteiger partial charge in [0, 0.05) is 24.3 Å². The van der Waals surface area contributed by atoms with E-state index in [2.05, 4.69) is 0 Å². The summed E-state index contributed by atoms with van der Waals surface area (Å²) in [5.41, 5.74) is 1.66. The number of aliphatic hydroxyl groups excluding tert-OH is 1. The maximum atomic E-state index is 10.6. The first-order valence-electron chi connectivity index (χ1n) is 6.35. The summed E-state index contributed by atoms with van der Waals surface area (Å²) in [5, 5.41) is 19.8. The van der Waals surface area contributed by atoms with Crippen molar-refractivity contribution in [1.82, 2.24) is 0 Å². The molecule has 0 unspecified atom stereocenters. The number of ether oxygens (including phenoxy) is 1. The van der Waals surface area contributed by atoms with Crippen molar-refractivity contribution in [2.45, 2.75) is 13.0 Å². The molecule has 0 atom stereocenters. The van der Waals surface area contributed by atoms with Crippen LogP contribution in [0.4, 0.5) is 5.69 Å². The summed E-state index contributed by atoms with van der Waals surface area (Å²) in [4.78, 5) is 10.1. The van der Waals surface area contributed by atoms with Crippen molar-refractivity contribution in [1.29, 1.82) is 0 Å². The van der Waals surface area contributed by atoms with Gasteiger partial charge in [-0.2, -0.15) is 0 Å². The summed E-state index contributed by atoms with van der Waals surface area (Å²) in [6.45, 7) is 0.342. The Morgan fingerprint density at radius 3 is 2.48 bits per heavy atom. The van der Waals surface area contributed by atoms with Gasteiger partial charge in [0.25, 0.3) is 5.69 Å². The van der Waals surface area contributed by atoms with Gasteiger partial charge in [-0.15, -0.1) is 0 Å². The van der Waals surface area contributed by atoms with Crippen molar-refractivity contribution >= 4 is 17.3 Å². The van der Waals surface area contributed by atoms with Crippen LogP contribution in [0, 0.1) is 10.1 Å². The fourth-order valence-corrected chi connectivity index (χ4v) is 2.04. The van der Waals surface area contributed by atoms with Gasteiger partial charge in [-0.1, -0.05) is 23.7 Å². The highest BCUT2D eigenvalue weighted by Crippen LogP contribution is 2.24. The largest absolute Gasteiger partial charge is 0.489 e. The van der Waals surface area contributed by atoms with Crippen LogP contribution in [0.15, 0.2) is 42.5 Å². The summed E-state index contributed by atoms with van der Waals surface area (Å²) in [6.07, 6.45) is 0.606. The monoisotopic (exact) mass is 307 g/mol. The van der Waals surface area contributed by atoms with Crippen LogP contribution < -0.4 is 4.74 Å². The smallest absolute Gasteiger partial charge is 0.270 e. The molecule has 0 aliphatic carbocycles. The molecule has 2 aromatic rings. The van der Waals surface area contributed by atoms with Gasteiger partial charge in [-0.05, 0) is 30.2 Å². The molecule has 0 spiro atoms. The lowest BCUT2D eigenvalue weighted by Gasteiger charge is -2.08. The van der Waals surface area contributed by atoms with Crippen molar-refractivity contribution in [3.05, 3.63) is 68.7 Å². The van der Waals surface area contributed by atoms with Gasteiger partial charge in [-0.25, -0.2) is 0 Å². The molecule has 0 aliphatic heterocycles. The summed E-state index contributed by atoms with van der Waals surface area (Å²) < 4.78 is 5.59. The molecule has 1 N–H and O–H groups in total. The number of rotatable bonds is 6. The van der Waals surface area contributed by atoms with Crippen LogP contribution in [0.25, 0.3) is 0 Å². The Balaban J connectivity index is 2.01. The Kier molecular flexibility index (Phi) is 5.14. The van der Waals surface area contributed by atoms with E-state index in [1.165, 1.54) is 12.1 Å². The minimum atomic E-state index is -0.490. The molecule has 0 aliphatic rings. The molecule has 2 aromatic carbocycles. The van der Waals surface area contributed by atoms with E-state index in [4.69, 9.17) is 21.4 Å². The second-order valence-corrected chi connectivity index (χ2v) is 4.85. The van der Waals surface area contributed by atoms with Gasteiger partial charge in [0.2, 0.25) is 0 Å². The second kappa shape index (κ2) is 7.06. The number of halogens is 1. The summed E-state index contributed by atoms with van der Waals surface area (Å²) in [6, 6.07) is 11.7. The van der Waals surface area contributed by atoms with E-state index in [-0.39, 0.29) is 18.9 Å². The molecule has 2 rings (SSSR count). The zero-order chi connectivity index (χ0) is 15.2. The Bertz CT molecular complexity index is 628. The third-order valence-electron chi connectivity index (χ3n) is 2.97. The van der Waals surface area contributed by atoms with Crippen LogP contribution in [0.5, 0.6) is 5.75 Å². The van der Waals surface area contributed by atoms with E-state index in [9.17, 15) is 10.1 Å². The molecule has 0 bridgehead atoms. The Morgan fingerprint density at radius 1 is 1.19 bits per heavy atom. The lowest BCUT2D eigenvalue weighted by Crippen LogP contribution is -1.98. The molecule has 0 radical (unpaired) electrons. The highest BCUT2D eigenvalue weighted by Gasteiger charge is 2.09. The normalized spacial score (nSPS) is 10.4. The zero-order valence-corrected chi connectivity index (χ0v) is 11.9. The molecule has 0 fully saturated rings. The van der Waals surface area contributed by atoms with Gasteiger partial charge in [-0.3, -0.25) is 10.1 Å². The molecule has 5 nitrogen and oxygen atoms in total. The number of hydrogen-bond acceptors (Lipinski definition) is 4. The highest BCUT2D eigenvalue weighted by atomic mass is 35.5. The molecule has 110 valence electrons. The zero-order valence-electron chi connectivity index (χ0n) is 11.2. The Morgan fingerprint density at radius 2 is 1.90 bits per heavy atom. The van der Waals surface area contributed by atoms with Gasteiger partial charge in [0.1, 0.15) is 12.4 Å². The summed E-state index contributed by atoms with van der Waals surface area (Å²) in [5.74, 6) is 0.672. The van der Waals surface area contributed by atoms with E-state index in [0.29, 0.717) is 22.8 Å². The van der Waals surface area contributed by atoms with Crippen LogP contribution in [0.1, 0.15) is 11.1 Å². The fraction of sp³-hybridized carbons (Fsp3) is 0.200. The maximum absolute atomic E-state index is 10.6.